The van der Waals surface area contributed by atoms with E-state index < -0.39 is 6.04 Å². The first-order chi connectivity index (χ1) is 11.5. The number of nitrogens with one attached hydrogen (secondary N) is 1. The van der Waals surface area contributed by atoms with Gasteiger partial charge in [0, 0.05) is 23.5 Å². The van der Waals surface area contributed by atoms with E-state index in [-0.39, 0.29) is 17.9 Å². The van der Waals surface area contributed by atoms with Gasteiger partial charge in [0.05, 0.1) is 0 Å². The molecule has 4 nitrogen and oxygen atoms in total. The van der Waals surface area contributed by atoms with Gasteiger partial charge in [0.2, 0.25) is 11.8 Å². The van der Waals surface area contributed by atoms with Crippen LogP contribution >= 0.6 is 15.9 Å². The van der Waals surface area contributed by atoms with Crippen molar-refractivity contribution in [2.75, 3.05) is 0 Å². The predicted octanol–water partition coefficient (Wildman–Crippen LogP) is 4.03. The van der Waals surface area contributed by atoms with Crippen molar-refractivity contribution in [3.63, 3.8) is 0 Å². The summed E-state index contributed by atoms with van der Waals surface area (Å²) >= 11 is 3.42. The van der Waals surface area contributed by atoms with Gasteiger partial charge in [-0.25, -0.2) is 0 Å². The van der Waals surface area contributed by atoms with Crippen molar-refractivity contribution in [1.29, 1.82) is 0 Å². The maximum absolute atomic E-state index is 12.6. The van der Waals surface area contributed by atoms with E-state index in [0.717, 1.165) is 22.9 Å². The Bertz CT molecular complexity index is 553. The molecule has 0 bridgehead atoms. The minimum atomic E-state index is -0.456. The summed E-state index contributed by atoms with van der Waals surface area (Å²) in [5.41, 5.74) is 1.03. The molecule has 1 aliphatic rings. The normalized spacial score (nSPS) is 16.5. The van der Waals surface area contributed by atoms with Gasteiger partial charge in [-0.3, -0.25) is 9.59 Å². The van der Waals surface area contributed by atoms with Gasteiger partial charge in [-0.05, 0) is 37.5 Å². The highest BCUT2D eigenvalue weighted by molar-refractivity contribution is 9.10. The smallest absolute Gasteiger partial charge is 0.242 e. The molecule has 2 amide bonds. The Morgan fingerprint density at radius 2 is 1.83 bits per heavy atom. The van der Waals surface area contributed by atoms with Gasteiger partial charge in [0.15, 0.2) is 0 Å². The van der Waals surface area contributed by atoms with Crippen molar-refractivity contribution in [3.8, 4) is 0 Å². The lowest BCUT2D eigenvalue weighted by Crippen LogP contribution is -2.50. The van der Waals surface area contributed by atoms with Crippen molar-refractivity contribution in [3.05, 3.63) is 34.3 Å². The Morgan fingerprint density at radius 3 is 2.42 bits per heavy atom. The number of halogens is 1. The van der Waals surface area contributed by atoms with Gasteiger partial charge in [0.1, 0.15) is 6.04 Å². The van der Waals surface area contributed by atoms with Crippen LogP contribution in [0, 0.1) is 0 Å². The third-order valence-electron chi connectivity index (χ3n) is 4.69. The molecule has 1 atom stereocenters. The highest BCUT2D eigenvalue weighted by atomic mass is 79.9. The highest BCUT2D eigenvalue weighted by Crippen LogP contribution is 2.19. The van der Waals surface area contributed by atoms with Crippen LogP contribution < -0.4 is 5.32 Å². The summed E-state index contributed by atoms with van der Waals surface area (Å²) in [4.78, 5) is 26.6. The Hall–Kier alpha value is -1.36. The number of benzene rings is 1. The fourth-order valence-corrected chi connectivity index (χ4v) is 3.41. The van der Waals surface area contributed by atoms with Gasteiger partial charge >= 0.3 is 0 Å². The third kappa shape index (κ3) is 5.33. The zero-order valence-corrected chi connectivity index (χ0v) is 16.1. The van der Waals surface area contributed by atoms with Crippen LogP contribution in [0.3, 0.4) is 0 Å². The standard InChI is InChI=1S/C19H27BrN2O2/c1-3-18(23)22(13-15-9-11-16(20)12-10-15)14(2)19(24)21-17-7-5-4-6-8-17/h9-12,14,17H,3-8,13H2,1-2H3,(H,21,24)/t14-/m0/s1. The number of amides is 2. The molecular weight excluding hydrogens is 368 g/mol. The fraction of sp³-hybridized carbons (Fsp3) is 0.579. The van der Waals surface area contributed by atoms with Crippen molar-refractivity contribution in [2.45, 2.75) is 71.0 Å². The van der Waals surface area contributed by atoms with Gasteiger partial charge in [0.25, 0.3) is 0 Å². The average molecular weight is 395 g/mol. The molecule has 0 spiro atoms. The molecule has 0 unspecified atom stereocenters. The van der Waals surface area contributed by atoms with Crippen LogP contribution in [0.1, 0.15) is 57.9 Å². The molecule has 1 fully saturated rings. The Labute approximate surface area is 153 Å². The second-order valence-electron chi connectivity index (χ2n) is 6.52. The van der Waals surface area contributed by atoms with E-state index in [0.29, 0.717) is 13.0 Å². The fourth-order valence-electron chi connectivity index (χ4n) is 3.14. The molecule has 1 aromatic carbocycles. The van der Waals surface area contributed by atoms with Crippen LogP contribution in [0.5, 0.6) is 0 Å². The van der Waals surface area contributed by atoms with E-state index >= 15 is 0 Å². The molecule has 0 heterocycles. The molecule has 5 heteroatoms. The summed E-state index contributed by atoms with van der Waals surface area (Å²) < 4.78 is 1.00. The molecule has 132 valence electrons. The monoisotopic (exact) mass is 394 g/mol. The molecule has 2 rings (SSSR count). The molecular formula is C19H27BrN2O2. The number of rotatable bonds is 6. The Balaban J connectivity index is 2.03. The number of hydrogen-bond donors (Lipinski definition) is 1. The summed E-state index contributed by atoms with van der Waals surface area (Å²) in [7, 11) is 0. The molecule has 0 saturated heterocycles. The van der Waals surface area contributed by atoms with Crippen LogP contribution in [0.4, 0.5) is 0 Å². The summed E-state index contributed by atoms with van der Waals surface area (Å²) in [6, 6.07) is 7.67. The van der Waals surface area contributed by atoms with E-state index in [2.05, 4.69) is 21.2 Å². The molecule has 1 saturated carbocycles. The molecule has 0 radical (unpaired) electrons. The van der Waals surface area contributed by atoms with Crippen molar-refractivity contribution >= 4 is 27.7 Å². The summed E-state index contributed by atoms with van der Waals surface area (Å²) in [5.74, 6) is -0.0370. The lowest BCUT2D eigenvalue weighted by molar-refractivity contribution is -0.140. The zero-order valence-electron chi connectivity index (χ0n) is 14.6. The maximum Gasteiger partial charge on any atom is 0.242 e. The van der Waals surface area contributed by atoms with E-state index in [9.17, 15) is 9.59 Å². The number of hydrogen-bond acceptors (Lipinski definition) is 2. The van der Waals surface area contributed by atoms with Crippen LogP contribution in [-0.4, -0.2) is 28.8 Å². The first-order valence-electron chi connectivity index (χ1n) is 8.85. The minimum Gasteiger partial charge on any atom is -0.352 e. The number of carbonyl (C=O) groups excluding carboxylic acids is 2. The molecule has 0 aromatic heterocycles. The quantitative estimate of drug-likeness (QED) is 0.791. The van der Waals surface area contributed by atoms with E-state index in [1.54, 1.807) is 4.90 Å². The molecule has 24 heavy (non-hydrogen) atoms. The lowest BCUT2D eigenvalue weighted by Gasteiger charge is -2.31. The summed E-state index contributed by atoms with van der Waals surface area (Å²) in [6.45, 7) is 4.12. The summed E-state index contributed by atoms with van der Waals surface area (Å²) in [6.07, 6.45) is 6.11. The van der Waals surface area contributed by atoms with E-state index in [1.165, 1.54) is 19.3 Å². The van der Waals surface area contributed by atoms with Gasteiger partial charge in [-0.2, -0.15) is 0 Å². The second-order valence-corrected chi connectivity index (χ2v) is 7.44. The van der Waals surface area contributed by atoms with Crippen LogP contribution in [0.15, 0.2) is 28.7 Å². The van der Waals surface area contributed by atoms with Crippen molar-refractivity contribution in [1.82, 2.24) is 10.2 Å². The highest BCUT2D eigenvalue weighted by Gasteiger charge is 2.27. The van der Waals surface area contributed by atoms with Crippen molar-refractivity contribution < 1.29 is 9.59 Å². The van der Waals surface area contributed by atoms with Crippen molar-refractivity contribution in [2.24, 2.45) is 0 Å². The molecule has 1 N–H and O–H groups in total. The van der Waals surface area contributed by atoms with E-state index in [1.807, 2.05) is 38.1 Å². The van der Waals surface area contributed by atoms with Crippen LogP contribution in [0.2, 0.25) is 0 Å². The maximum atomic E-state index is 12.6. The number of carbonyl (C=O) groups is 2. The average Bonchev–Trinajstić information content (AvgIpc) is 2.61. The SMILES string of the molecule is CCC(=O)N(Cc1ccc(Br)cc1)[C@@H](C)C(=O)NC1CCCCC1. The first-order valence-corrected chi connectivity index (χ1v) is 9.65. The van der Waals surface area contributed by atoms with E-state index in [4.69, 9.17) is 0 Å². The van der Waals surface area contributed by atoms with Gasteiger partial charge in [-0.1, -0.05) is 54.2 Å². The predicted molar refractivity (Wildman–Crippen MR) is 99.5 cm³/mol. The summed E-state index contributed by atoms with van der Waals surface area (Å²) in [5, 5.41) is 3.13. The Kier molecular flexibility index (Phi) is 7.28. The molecule has 1 aromatic rings. The van der Waals surface area contributed by atoms with Crippen LogP contribution in [0.25, 0.3) is 0 Å². The zero-order chi connectivity index (χ0) is 17.5. The van der Waals surface area contributed by atoms with Crippen LogP contribution in [-0.2, 0) is 16.1 Å². The minimum absolute atomic E-state index is 0.00390. The third-order valence-corrected chi connectivity index (χ3v) is 5.22. The first kappa shape index (κ1) is 19.0. The second kappa shape index (κ2) is 9.21. The molecule has 1 aliphatic carbocycles. The van der Waals surface area contributed by atoms with Gasteiger partial charge in [-0.15, -0.1) is 0 Å². The Morgan fingerprint density at radius 1 is 1.21 bits per heavy atom. The topological polar surface area (TPSA) is 49.4 Å². The molecule has 0 aliphatic heterocycles. The largest absolute Gasteiger partial charge is 0.352 e. The van der Waals surface area contributed by atoms with Gasteiger partial charge < -0.3 is 10.2 Å². The number of nitrogens with zero attached hydrogens (tertiary/aromatic N) is 1. The lowest BCUT2D eigenvalue weighted by atomic mass is 9.95.